The molecule has 96 valence electrons. The molecule has 0 aromatic carbocycles. The molecule has 0 radical (unpaired) electrons. The van der Waals surface area contributed by atoms with Crippen molar-refractivity contribution in [1.82, 2.24) is 0 Å². The third-order valence-corrected chi connectivity index (χ3v) is 3.64. The summed E-state index contributed by atoms with van der Waals surface area (Å²) in [6.07, 6.45) is 0.956. The smallest absolute Gasteiger partial charge is 0.370 e. The summed E-state index contributed by atoms with van der Waals surface area (Å²) in [5.74, 6) is -0.821. The summed E-state index contributed by atoms with van der Waals surface area (Å²) >= 11 is 0. The van der Waals surface area contributed by atoms with E-state index in [9.17, 15) is 9.36 Å². The SMILES string of the molecule is CCC(CC)(C(=O)OP(=O)(O)O)C(C)(C)C. The van der Waals surface area contributed by atoms with Crippen LogP contribution in [0.15, 0.2) is 0 Å². The van der Waals surface area contributed by atoms with Crippen LogP contribution in [-0.4, -0.2) is 15.8 Å². The molecule has 0 bridgehead atoms. The maximum absolute atomic E-state index is 11.9. The highest BCUT2D eigenvalue weighted by Crippen LogP contribution is 2.49. The van der Waals surface area contributed by atoms with Crippen LogP contribution in [0.3, 0.4) is 0 Å². The molecule has 0 aromatic rings. The van der Waals surface area contributed by atoms with Crippen LogP contribution in [-0.2, 0) is 13.9 Å². The van der Waals surface area contributed by atoms with Crippen LogP contribution in [0.2, 0.25) is 0 Å². The minimum atomic E-state index is -4.76. The van der Waals surface area contributed by atoms with Gasteiger partial charge in [-0.3, -0.25) is 14.6 Å². The van der Waals surface area contributed by atoms with Crippen LogP contribution in [0.1, 0.15) is 47.5 Å². The number of phosphoric acid groups is 1. The summed E-state index contributed by atoms with van der Waals surface area (Å²) in [6, 6.07) is 0. The van der Waals surface area contributed by atoms with Gasteiger partial charge in [0.25, 0.3) is 0 Å². The van der Waals surface area contributed by atoms with E-state index in [2.05, 4.69) is 4.52 Å². The van der Waals surface area contributed by atoms with Crippen LogP contribution in [0.4, 0.5) is 0 Å². The number of phosphoric ester groups is 1. The summed E-state index contributed by atoms with van der Waals surface area (Å²) in [5, 5.41) is 0. The lowest BCUT2D eigenvalue weighted by molar-refractivity contribution is -0.155. The van der Waals surface area contributed by atoms with Crippen molar-refractivity contribution in [3.05, 3.63) is 0 Å². The first kappa shape index (κ1) is 15.6. The zero-order valence-corrected chi connectivity index (χ0v) is 11.4. The molecule has 0 spiro atoms. The van der Waals surface area contributed by atoms with E-state index in [1.165, 1.54) is 0 Å². The third kappa shape index (κ3) is 3.30. The molecule has 0 saturated carbocycles. The van der Waals surface area contributed by atoms with Gasteiger partial charge in [0.2, 0.25) is 0 Å². The van der Waals surface area contributed by atoms with Gasteiger partial charge in [-0.05, 0) is 18.3 Å². The normalized spacial score (nSPS) is 13.7. The van der Waals surface area contributed by atoms with Gasteiger partial charge in [0.15, 0.2) is 0 Å². The Morgan fingerprint density at radius 2 is 1.56 bits per heavy atom. The van der Waals surface area contributed by atoms with Gasteiger partial charge >= 0.3 is 13.8 Å². The lowest BCUT2D eigenvalue weighted by atomic mass is 9.63. The Kier molecular flexibility index (Phi) is 4.75. The summed E-state index contributed by atoms with van der Waals surface area (Å²) in [5.41, 5.74) is -1.28. The maximum atomic E-state index is 11.9. The lowest BCUT2D eigenvalue weighted by Crippen LogP contribution is -2.42. The molecule has 6 heteroatoms. The molecule has 0 aliphatic carbocycles. The minimum Gasteiger partial charge on any atom is -0.370 e. The van der Waals surface area contributed by atoms with Crippen molar-refractivity contribution >= 4 is 13.8 Å². The maximum Gasteiger partial charge on any atom is 0.527 e. The second-order valence-electron chi connectivity index (χ2n) is 4.91. The van der Waals surface area contributed by atoms with E-state index >= 15 is 0 Å². The van der Waals surface area contributed by atoms with Crippen molar-refractivity contribution in [1.29, 1.82) is 0 Å². The summed E-state index contributed by atoms with van der Waals surface area (Å²) in [7, 11) is -4.76. The van der Waals surface area contributed by atoms with Crippen LogP contribution in [0.25, 0.3) is 0 Å². The molecule has 2 N–H and O–H groups in total. The zero-order valence-electron chi connectivity index (χ0n) is 10.5. The Hall–Kier alpha value is -0.380. The Labute approximate surface area is 96.4 Å². The highest BCUT2D eigenvalue weighted by atomic mass is 31.2. The summed E-state index contributed by atoms with van der Waals surface area (Å²) < 4.78 is 14.9. The molecule has 0 unspecified atom stereocenters. The van der Waals surface area contributed by atoms with Crippen molar-refractivity contribution in [2.45, 2.75) is 47.5 Å². The molecule has 0 heterocycles. The van der Waals surface area contributed by atoms with Crippen molar-refractivity contribution in [2.75, 3.05) is 0 Å². The summed E-state index contributed by atoms with van der Waals surface area (Å²) in [6.45, 7) is 9.22. The predicted octanol–water partition coefficient (Wildman–Crippen LogP) is 2.47. The Bertz CT molecular complexity index is 295. The first-order chi connectivity index (χ1) is 7.00. The fourth-order valence-electron chi connectivity index (χ4n) is 2.10. The summed E-state index contributed by atoms with van der Waals surface area (Å²) in [4.78, 5) is 29.2. The van der Waals surface area contributed by atoms with E-state index in [0.717, 1.165) is 0 Å². The number of hydrogen-bond donors (Lipinski definition) is 2. The predicted molar refractivity (Wildman–Crippen MR) is 60.6 cm³/mol. The second-order valence-corrected chi connectivity index (χ2v) is 6.07. The molecule has 0 aromatic heterocycles. The van der Waals surface area contributed by atoms with Crippen molar-refractivity contribution in [3.8, 4) is 0 Å². The van der Waals surface area contributed by atoms with Gasteiger partial charge in [0, 0.05) is 0 Å². The van der Waals surface area contributed by atoms with E-state index in [0.29, 0.717) is 12.8 Å². The van der Waals surface area contributed by atoms with Gasteiger partial charge in [-0.1, -0.05) is 34.6 Å². The lowest BCUT2D eigenvalue weighted by Gasteiger charge is -2.41. The Balaban J connectivity index is 5.23. The molecule has 0 fully saturated rings. The zero-order chi connectivity index (χ0) is 13.2. The van der Waals surface area contributed by atoms with Gasteiger partial charge in [-0.25, -0.2) is 4.57 Å². The average Bonchev–Trinajstić information content (AvgIpc) is 2.00. The molecular formula is C10H21O5P. The standard InChI is InChI=1S/C10H21O5P/c1-6-10(7-2,9(3,4)5)8(11)15-16(12,13)14/h6-7H2,1-5H3,(H2,12,13,14). The van der Waals surface area contributed by atoms with Crippen LogP contribution < -0.4 is 0 Å². The molecule has 0 rings (SSSR count). The van der Waals surface area contributed by atoms with Crippen molar-refractivity contribution in [2.24, 2.45) is 10.8 Å². The molecule has 0 saturated heterocycles. The molecule has 0 aliphatic rings. The molecule has 16 heavy (non-hydrogen) atoms. The van der Waals surface area contributed by atoms with E-state index < -0.39 is 24.6 Å². The Morgan fingerprint density at radius 1 is 1.19 bits per heavy atom. The molecule has 0 amide bonds. The van der Waals surface area contributed by atoms with Crippen molar-refractivity contribution in [3.63, 3.8) is 0 Å². The third-order valence-electron chi connectivity index (χ3n) is 3.24. The average molecular weight is 252 g/mol. The fraction of sp³-hybridized carbons (Fsp3) is 0.900. The fourth-order valence-corrected chi connectivity index (χ4v) is 2.49. The first-order valence-electron chi connectivity index (χ1n) is 5.29. The first-order valence-corrected chi connectivity index (χ1v) is 6.83. The van der Waals surface area contributed by atoms with Crippen LogP contribution in [0, 0.1) is 10.8 Å². The van der Waals surface area contributed by atoms with Gasteiger partial charge in [0.05, 0.1) is 5.41 Å². The molecule has 0 aliphatic heterocycles. The number of hydrogen-bond acceptors (Lipinski definition) is 3. The second kappa shape index (κ2) is 4.86. The highest BCUT2D eigenvalue weighted by molar-refractivity contribution is 7.46. The minimum absolute atomic E-state index is 0.414. The molecular weight excluding hydrogens is 231 g/mol. The number of rotatable bonds is 4. The van der Waals surface area contributed by atoms with Gasteiger partial charge in [0.1, 0.15) is 0 Å². The number of carbonyl (C=O) groups is 1. The molecule has 0 atom stereocenters. The molecule has 5 nitrogen and oxygen atoms in total. The van der Waals surface area contributed by atoms with E-state index in [1.54, 1.807) is 0 Å². The topological polar surface area (TPSA) is 83.8 Å². The van der Waals surface area contributed by atoms with E-state index in [4.69, 9.17) is 9.79 Å². The van der Waals surface area contributed by atoms with Crippen LogP contribution >= 0.6 is 7.82 Å². The number of carbonyl (C=O) groups excluding carboxylic acids is 1. The highest BCUT2D eigenvalue weighted by Gasteiger charge is 2.48. The van der Waals surface area contributed by atoms with Crippen LogP contribution in [0.5, 0.6) is 0 Å². The quantitative estimate of drug-likeness (QED) is 0.751. The largest absolute Gasteiger partial charge is 0.527 e. The van der Waals surface area contributed by atoms with Gasteiger partial charge in [-0.2, -0.15) is 0 Å². The van der Waals surface area contributed by atoms with Gasteiger partial charge < -0.3 is 4.52 Å². The Morgan fingerprint density at radius 3 is 1.75 bits per heavy atom. The van der Waals surface area contributed by atoms with Gasteiger partial charge in [-0.15, -0.1) is 0 Å². The van der Waals surface area contributed by atoms with E-state index in [-0.39, 0.29) is 0 Å². The van der Waals surface area contributed by atoms with Crippen molar-refractivity contribution < 1.29 is 23.7 Å². The monoisotopic (exact) mass is 252 g/mol. The van der Waals surface area contributed by atoms with E-state index in [1.807, 2.05) is 34.6 Å².